The molecule has 1 N–H and O–H groups in total. The molecule has 0 bridgehead atoms. The summed E-state index contributed by atoms with van der Waals surface area (Å²) in [4.78, 5) is 2.21. The van der Waals surface area contributed by atoms with Crippen LogP contribution in [-0.2, 0) is 6.54 Å². The molecular formula is C16H24F2N2. The highest BCUT2D eigenvalue weighted by Crippen LogP contribution is 2.17. The first kappa shape index (κ1) is 15.4. The fourth-order valence-corrected chi connectivity index (χ4v) is 2.71. The van der Waals surface area contributed by atoms with Gasteiger partial charge in [0.15, 0.2) is 11.6 Å². The molecule has 0 radical (unpaired) electrons. The molecule has 0 amide bonds. The normalized spacial score (nSPS) is 19.8. The van der Waals surface area contributed by atoms with Crippen molar-refractivity contribution in [1.82, 2.24) is 10.2 Å². The van der Waals surface area contributed by atoms with Crippen molar-refractivity contribution in [1.29, 1.82) is 0 Å². The smallest absolute Gasteiger partial charge is 0.163 e. The SMILES string of the molecule is CC(C)N(Cc1cccc(F)c1F)CC1CCCCN1. The van der Waals surface area contributed by atoms with Crippen LogP contribution in [0.25, 0.3) is 0 Å². The van der Waals surface area contributed by atoms with Crippen LogP contribution in [-0.4, -0.2) is 30.1 Å². The van der Waals surface area contributed by atoms with Gasteiger partial charge >= 0.3 is 0 Å². The van der Waals surface area contributed by atoms with E-state index in [1.807, 2.05) is 0 Å². The van der Waals surface area contributed by atoms with Gasteiger partial charge in [-0.25, -0.2) is 8.78 Å². The molecule has 0 spiro atoms. The summed E-state index contributed by atoms with van der Waals surface area (Å²) in [6, 6.07) is 5.18. The predicted octanol–water partition coefficient (Wildman–Crippen LogP) is 3.32. The van der Waals surface area contributed by atoms with E-state index in [0.29, 0.717) is 24.2 Å². The van der Waals surface area contributed by atoms with Gasteiger partial charge in [-0.05, 0) is 39.3 Å². The number of rotatable bonds is 5. The maximum atomic E-state index is 13.8. The average Bonchev–Trinajstić information content (AvgIpc) is 2.44. The van der Waals surface area contributed by atoms with Crippen molar-refractivity contribution in [2.45, 2.75) is 51.7 Å². The Bertz CT molecular complexity index is 428. The summed E-state index contributed by atoms with van der Waals surface area (Å²) in [5.41, 5.74) is 0.439. The maximum Gasteiger partial charge on any atom is 0.163 e. The van der Waals surface area contributed by atoms with Gasteiger partial charge in [0, 0.05) is 30.7 Å². The quantitative estimate of drug-likeness (QED) is 0.891. The van der Waals surface area contributed by atoms with E-state index in [4.69, 9.17) is 0 Å². The number of piperidine rings is 1. The Morgan fingerprint density at radius 1 is 1.30 bits per heavy atom. The van der Waals surface area contributed by atoms with E-state index in [1.54, 1.807) is 12.1 Å². The van der Waals surface area contributed by atoms with Crippen molar-refractivity contribution in [2.75, 3.05) is 13.1 Å². The second kappa shape index (κ2) is 7.14. The van der Waals surface area contributed by atoms with Crippen LogP contribution >= 0.6 is 0 Å². The number of nitrogens with zero attached hydrogens (tertiary/aromatic N) is 1. The lowest BCUT2D eigenvalue weighted by atomic mass is 10.0. The van der Waals surface area contributed by atoms with Gasteiger partial charge in [-0.2, -0.15) is 0 Å². The van der Waals surface area contributed by atoms with Gasteiger partial charge < -0.3 is 5.32 Å². The summed E-state index contributed by atoms with van der Waals surface area (Å²) >= 11 is 0. The highest BCUT2D eigenvalue weighted by molar-refractivity contribution is 5.19. The number of nitrogens with one attached hydrogen (secondary N) is 1. The van der Waals surface area contributed by atoms with Crippen LogP contribution in [0.3, 0.4) is 0 Å². The predicted molar refractivity (Wildman–Crippen MR) is 77.5 cm³/mol. The van der Waals surface area contributed by atoms with Crippen molar-refractivity contribution in [3.63, 3.8) is 0 Å². The molecule has 0 aromatic heterocycles. The minimum absolute atomic E-state index is 0.307. The summed E-state index contributed by atoms with van der Waals surface area (Å²) in [5, 5.41) is 3.51. The Balaban J connectivity index is 2.03. The Kier molecular flexibility index (Phi) is 5.49. The van der Waals surface area contributed by atoms with Crippen molar-refractivity contribution < 1.29 is 8.78 Å². The minimum atomic E-state index is -0.762. The number of hydrogen-bond donors (Lipinski definition) is 1. The zero-order valence-corrected chi connectivity index (χ0v) is 12.3. The third-order valence-electron chi connectivity index (χ3n) is 4.00. The van der Waals surface area contributed by atoms with Crippen molar-refractivity contribution in [2.24, 2.45) is 0 Å². The molecule has 1 fully saturated rings. The fraction of sp³-hybridized carbons (Fsp3) is 0.625. The van der Waals surface area contributed by atoms with E-state index in [0.717, 1.165) is 19.5 Å². The van der Waals surface area contributed by atoms with Crippen LogP contribution in [0, 0.1) is 11.6 Å². The first-order valence-corrected chi connectivity index (χ1v) is 7.48. The Morgan fingerprint density at radius 2 is 2.10 bits per heavy atom. The lowest BCUT2D eigenvalue weighted by Crippen LogP contribution is -2.45. The second-order valence-corrected chi connectivity index (χ2v) is 5.88. The molecule has 4 heteroatoms. The second-order valence-electron chi connectivity index (χ2n) is 5.88. The van der Waals surface area contributed by atoms with Crippen LogP contribution in [0.15, 0.2) is 18.2 Å². The molecular weight excluding hydrogens is 258 g/mol. The van der Waals surface area contributed by atoms with Gasteiger partial charge in [0.25, 0.3) is 0 Å². The first-order valence-electron chi connectivity index (χ1n) is 7.48. The minimum Gasteiger partial charge on any atom is -0.313 e. The topological polar surface area (TPSA) is 15.3 Å². The Labute approximate surface area is 120 Å². The first-order chi connectivity index (χ1) is 9.58. The van der Waals surface area contributed by atoms with E-state index in [9.17, 15) is 8.78 Å². The summed E-state index contributed by atoms with van der Waals surface area (Å²) in [6.07, 6.45) is 3.64. The Hall–Kier alpha value is -1.00. The summed E-state index contributed by atoms with van der Waals surface area (Å²) in [5.74, 6) is -1.48. The van der Waals surface area contributed by atoms with E-state index >= 15 is 0 Å². The number of hydrogen-bond acceptors (Lipinski definition) is 2. The molecule has 1 unspecified atom stereocenters. The molecule has 1 aromatic carbocycles. The van der Waals surface area contributed by atoms with Gasteiger partial charge in [-0.3, -0.25) is 4.90 Å². The van der Waals surface area contributed by atoms with Gasteiger partial charge in [0.2, 0.25) is 0 Å². The van der Waals surface area contributed by atoms with E-state index < -0.39 is 11.6 Å². The monoisotopic (exact) mass is 282 g/mol. The molecule has 1 aromatic rings. The highest BCUT2D eigenvalue weighted by Gasteiger charge is 2.20. The standard InChI is InChI=1S/C16H24F2N2/c1-12(2)20(11-14-7-3-4-9-19-14)10-13-6-5-8-15(17)16(13)18/h5-6,8,12,14,19H,3-4,7,9-11H2,1-2H3. The van der Waals surface area contributed by atoms with E-state index in [-0.39, 0.29) is 0 Å². The Morgan fingerprint density at radius 3 is 2.75 bits per heavy atom. The molecule has 1 atom stereocenters. The van der Waals surface area contributed by atoms with Crippen LogP contribution in [0.4, 0.5) is 8.78 Å². The van der Waals surface area contributed by atoms with Gasteiger partial charge in [0.1, 0.15) is 0 Å². The lowest BCUT2D eigenvalue weighted by molar-refractivity contribution is 0.175. The van der Waals surface area contributed by atoms with Gasteiger partial charge in [0.05, 0.1) is 0 Å². The van der Waals surface area contributed by atoms with Crippen molar-refractivity contribution in [3.05, 3.63) is 35.4 Å². The van der Waals surface area contributed by atoms with Gasteiger partial charge in [-0.1, -0.05) is 18.6 Å². The summed E-state index contributed by atoms with van der Waals surface area (Å²) < 4.78 is 27.1. The summed E-state index contributed by atoms with van der Waals surface area (Å²) in [6.45, 7) is 6.60. The molecule has 112 valence electrons. The van der Waals surface area contributed by atoms with Crippen LogP contribution in [0.1, 0.15) is 38.7 Å². The van der Waals surface area contributed by atoms with Crippen LogP contribution in [0.5, 0.6) is 0 Å². The molecule has 1 aliphatic heterocycles. The summed E-state index contributed by atoms with van der Waals surface area (Å²) in [7, 11) is 0. The molecule has 0 aliphatic carbocycles. The fourth-order valence-electron chi connectivity index (χ4n) is 2.71. The molecule has 2 nitrogen and oxygen atoms in total. The van der Waals surface area contributed by atoms with E-state index in [1.165, 1.54) is 18.9 Å². The van der Waals surface area contributed by atoms with E-state index in [2.05, 4.69) is 24.1 Å². The molecule has 2 rings (SSSR count). The molecule has 1 aliphatic rings. The highest BCUT2D eigenvalue weighted by atomic mass is 19.2. The molecule has 20 heavy (non-hydrogen) atoms. The zero-order chi connectivity index (χ0) is 14.5. The van der Waals surface area contributed by atoms with Gasteiger partial charge in [-0.15, -0.1) is 0 Å². The largest absolute Gasteiger partial charge is 0.313 e. The average molecular weight is 282 g/mol. The molecule has 1 heterocycles. The van der Waals surface area contributed by atoms with Crippen molar-refractivity contribution >= 4 is 0 Å². The lowest BCUT2D eigenvalue weighted by Gasteiger charge is -2.33. The van der Waals surface area contributed by atoms with Crippen molar-refractivity contribution in [3.8, 4) is 0 Å². The third kappa shape index (κ3) is 4.00. The number of benzene rings is 1. The maximum absolute atomic E-state index is 13.8. The zero-order valence-electron chi connectivity index (χ0n) is 12.3. The van der Waals surface area contributed by atoms with Crippen LogP contribution in [0.2, 0.25) is 0 Å². The number of halogens is 2. The molecule has 0 saturated carbocycles. The van der Waals surface area contributed by atoms with Crippen LogP contribution < -0.4 is 5.32 Å². The molecule has 1 saturated heterocycles. The third-order valence-corrected chi connectivity index (χ3v) is 4.00.